The highest BCUT2D eigenvalue weighted by Gasteiger charge is 2.21. The first-order valence-corrected chi connectivity index (χ1v) is 12.0. The summed E-state index contributed by atoms with van der Waals surface area (Å²) in [5.41, 5.74) is 0. The number of hydrogen-bond donors (Lipinski definition) is 0. The van der Waals surface area contributed by atoms with Crippen LogP contribution in [-0.2, 0) is 0 Å². The molecule has 2 saturated carbocycles. The van der Waals surface area contributed by atoms with Crippen molar-refractivity contribution in [2.75, 3.05) is 0 Å². The van der Waals surface area contributed by atoms with Crippen molar-refractivity contribution in [2.24, 2.45) is 23.7 Å². The molecule has 0 aromatic heterocycles. The Balaban J connectivity index is 1.46. The van der Waals surface area contributed by atoms with Gasteiger partial charge in [0, 0.05) is 0 Å². The number of hydrogen-bond acceptors (Lipinski definition) is 0. The summed E-state index contributed by atoms with van der Waals surface area (Å²) in [5, 5.41) is 0. The van der Waals surface area contributed by atoms with Crippen LogP contribution in [0.25, 0.3) is 0 Å². The lowest BCUT2D eigenvalue weighted by Crippen LogP contribution is -2.15. The van der Waals surface area contributed by atoms with Crippen LogP contribution in [0.5, 0.6) is 0 Å². The van der Waals surface area contributed by atoms with Gasteiger partial charge in [0.05, 0.1) is 0 Å². The Kier molecular flexibility index (Phi) is 10.9. The molecule has 2 fully saturated rings. The molecule has 0 heterocycles. The molecule has 0 radical (unpaired) electrons. The molecular formula is C25H46. The molecule has 2 aliphatic rings. The molecule has 0 amide bonds. The maximum absolute atomic E-state index is 2.49. The lowest BCUT2D eigenvalue weighted by Gasteiger charge is -2.29. The normalized spacial score (nSPS) is 30.8. The van der Waals surface area contributed by atoms with Crippen molar-refractivity contribution in [3.8, 4) is 0 Å². The van der Waals surface area contributed by atoms with E-state index in [1.165, 1.54) is 83.5 Å². The summed E-state index contributed by atoms with van der Waals surface area (Å²) in [7, 11) is 0. The van der Waals surface area contributed by atoms with Crippen LogP contribution in [0.2, 0.25) is 0 Å². The molecule has 0 aromatic rings. The van der Waals surface area contributed by atoms with E-state index in [0.717, 1.165) is 23.7 Å². The summed E-state index contributed by atoms with van der Waals surface area (Å²) < 4.78 is 0. The molecule has 2 rings (SSSR count). The fourth-order valence-corrected chi connectivity index (χ4v) is 5.36. The van der Waals surface area contributed by atoms with E-state index in [9.17, 15) is 0 Å². The Morgan fingerprint density at radius 1 is 0.600 bits per heavy atom. The average molecular weight is 347 g/mol. The first-order chi connectivity index (χ1) is 12.3. The van der Waals surface area contributed by atoms with Gasteiger partial charge in [-0.3, -0.25) is 0 Å². The van der Waals surface area contributed by atoms with E-state index >= 15 is 0 Å². The van der Waals surface area contributed by atoms with Gasteiger partial charge in [0.15, 0.2) is 0 Å². The van der Waals surface area contributed by atoms with Gasteiger partial charge < -0.3 is 0 Å². The molecule has 0 N–H and O–H groups in total. The van der Waals surface area contributed by atoms with E-state index < -0.39 is 0 Å². The van der Waals surface area contributed by atoms with Gasteiger partial charge in [0.2, 0.25) is 0 Å². The Bertz CT molecular complexity index is 326. The van der Waals surface area contributed by atoms with Gasteiger partial charge in [-0.1, -0.05) is 103 Å². The summed E-state index contributed by atoms with van der Waals surface area (Å²) in [6, 6.07) is 0. The summed E-state index contributed by atoms with van der Waals surface area (Å²) >= 11 is 0. The van der Waals surface area contributed by atoms with Crippen molar-refractivity contribution < 1.29 is 0 Å². The maximum atomic E-state index is 2.49. The van der Waals surface area contributed by atoms with E-state index in [0.29, 0.717) is 0 Å². The monoisotopic (exact) mass is 346 g/mol. The summed E-state index contributed by atoms with van der Waals surface area (Å²) in [4.78, 5) is 0. The van der Waals surface area contributed by atoms with Crippen molar-refractivity contribution >= 4 is 0 Å². The molecule has 0 aliphatic heterocycles. The highest BCUT2D eigenvalue weighted by atomic mass is 14.3. The second kappa shape index (κ2) is 13.0. The largest absolute Gasteiger partial charge is 0.0885 e. The fraction of sp³-hybridized carbons (Fsp3) is 0.920. The summed E-state index contributed by atoms with van der Waals surface area (Å²) in [5.74, 6) is 4.13. The number of unbranched alkanes of at least 4 members (excludes halogenated alkanes) is 3. The SMILES string of the molecule is CC/C=C/C1CCC(CCCC[C@H]2CC[C@H](CCCCC)CC2)CC1. The van der Waals surface area contributed by atoms with Crippen LogP contribution in [0.4, 0.5) is 0 Å². The lowest BCUT2D eigenvalue weighted by molar-refractivity contribution is 0.239. The van der Waals surface area contributed by atoms with E-state index in [-0.39, 0.29) is 0 Å². The highest BCUT2D eigenvalue weighted by Crippen LogP contribution is 2.36. The zero-order chi connectivity index (χ0) is 17.7. The van der Waals surface area contributed by atoms with Crippen LogP contribution in [0.15, 0.2) is 12.2 Å². The average Bonchev–Trinajstić information content (AvgIpc) is 2.66. The second-order valence-corrected chi connectivity index (χ2v) is 9.28. The van der Waals surface area contributed by atoms with Gasteiger partial charge in [0.25, 0.3) is 0 Å². The van der Waals surface area contributed by atoms with E-state index in [2.05, 4.69) is 26.0 Å². The number of rotatable bonds is 11. The zero-order valence-corrected chi connectivity index (χ0v) is 17.5. The van der Waals surface area contributed by atoms with Crippen molar-refractivity contribution in [1.29, 1.82) is 0 Å². The fourth-order valence-electron chi connectivity index (χ4n) is 5.36. The van der Waals surface area contributed by atoms with E-state index in [1.54, 1.807) is 25.7 Å². The Labute approximate surface area is 159 Å². The Morgan fingerprint density at radius 2 is 1.04 bits per heavy atom. The first kappa shape index (κ1) is 21.0. The number of allylic oxidation sites excluding steroid dienone is 2. The van der Waals surface area contributed by atoms with Crippen LogP contribution in [-0.4, -0.2) is 0 Å². The molecule has 0 heteroatoms. The minimum absolute atomic E-state index is 0.906. The van der Waals surface area contributed by atoms with Gasteiger partial charge in [-0.2, -0.15) is 0 Å². The van der Waals surface area contributed by atoms with Crippen LogP contribution < -0.4 is 0 Å². The standard InChI is InChI=1S/C25H46/c1-3-5-7-11-23-18-20-25(21-19-23)13-9-8-12-24-16-14-22(15-17-24)10-6-4-2/h6,10,22-25H,3-5,7-9,11-21H2,1-2H3/b10-6+/t22?,23-,24?,25-. The first-order valence-electron chi connectivity index (χ1n) is 12.0. The zero-order valence-electron chi connectivity index (χ0n) is 17.5. The quantitative estimate of drug-likeness (QED) is 0.259. The molecule has 0 atom stereocenters. The third kappa shape index (κ3) is 8.78. The molecule has 25 heavy (non-hydrogen) atoms. The molecule has 0 aromatic carbocycles. The maximum Gasteiger partial charge on any atom is -0.0233 e. The molecule has 2 aliphatic carbocycles. The van der Waals surface area contributed by atoms with Gasteiger partial charge in [-0.25, -0.2) is 0 Å². The lowest BCUT2D eigenvalue weighted by atomic mass is 9.77. The smallest absolute Gasteiger partial charge is 0.0233 e. The second-order valence-electron chi connectivity index (χ2n) is 9.28. The van der Waals surface area contributed by atoms with Crippen LogP contribution in [0, 0.1) is 23.7 Å². The minimum Gasteiger partial charge on any atom is -0.0885 e. The minimum atomic E-state index is 0.906. The highest BCUT2D eigenvalue weighted by molar-refractivity contribution is 4.90. The van der Waals surface area contributed by atoms with Crippen LogP contribution >= 0.6 is 0 Å². The van der Waals surface area contributed by atoms with Crippen molar-refractivity contribution in [3.63, 3.8) is 0 Å². The van der Waals surface area contributed by atoms with Crippen LogP contribution in [0.3, 0.4) is 0 Å². The Morgan fingerprint density at radius 3 is 1.48 bits per heavy atom. The predicted molar refractivity (Wildman–Crippen MR) is 113 cm³/mol. The summed E-state index contributed by atoms with van der Waals surface area (Å²) in [6.45, 7) is 4.58. The Hall–Kier alpha value is -0.260. The summed E-state index contributed by atoms with van der Waals surface area (Å²) in [6.07, 6.45) is 30.1. The van der Waals surface area contributed by atoms with Gasteiger partial charge in [0.1, 0.15) is 0 Å². The third-order valence-corrected chi connectivity index (χ3v) is 7.19. The molecule has 0 nitrogen and oxygen atoms in total. The van der Waals surface area contributed by atoms with E-state index in [4.69, 9.17) is 0 Å². The molecule has 0 saturated heterocycles. The van der Waals surface area contributed by atoms with Gasteiger partial charge in [-0.15, -0.1) is 0 Å². The third-order valence-electron chi connectivity index (χ3n) is 7.19. The van der Waals surface area contributed by atoms with Gasteiger partial charge >= 0.3 is 0 Å². The van der Waals surface area contributed by atoms with Crippen LogP contribution in [0.1, 0.15) is 123 Å². The van der Waals surface area contributed by atoms with Crippen molar-refractivity contribution in [2.45, 2.75) is 123 Å². The molecule has 146 valence electrons. The van der Waals surface area contributed by atoms with Crippen molar-refractivity contribution in [3.05, 3.63) is 12.2 Å². The van der Waals surface area contributed by atoms with Crippen molar-refractivity contribution in [1.82, 2.24) is 0 Å². The van der Waals surface area contributed by atoms with E-state index in [1.807, 2.05) is 0 Å². The van der Waals surface area contributed by atoms with Gasteiger partial charge in [-0.05, 0) is 55.8 Å². The molecule has 0 bridgehead atoms. The predicted octanol–water partition coefficient (Wildman–Crippen LogP) is 8.71. The molecular weight excluding hydrogens is 300 g/mol. The molecule has 0 unspecified atom stereocenters. The topological polar surface area (TPSA) is 0 Å². The molecule has 0 spiro atoms.